The maximum Gasteiger partial charge on any atom is 0.271 e. The molecule has 0 unspecified atom stereocenters. The first kappa shape index (κ1) is 23.6. The summed E-state index contributed by atoms with van der Waals surface area (Å²) in [6, 6.07) is 8.54. The van der Waals surface area contributed by atoms with Crippen molar-refractivity contribution >= 4 is 5.78 Å². The highest BCUT2D eigenvalue weighted by Crippen LogP contribution is 2.34. The lowest BCUT2D eigenvalue weighted by Crippen LogP contribution is -2.29. The van der Waals surface area contributed by atoms with Crippen molar-refractivity contribution < 1.29 is 14.6 Å². The van der Waals surface area contributed by atoms with Gasteiger partial charge in [0, 0.05) is 11.6 Å². The zero-order valence-corrected chi connectivity index (χ0v) is 19.0. The Kier molecular flexibility index (Phi) is 8.10. The molecule has 1 N–H and O–H groups in total. The van der Waals surface area contributed by atoms with Gasteiger partial charge in [-0.25, -0.2) is 0 Å². The Morgan fingerprint density at radius 3 is 2.44 bits per heavy atom. The second-order valence-electron chi connectivity index (χ2n) is 8.54. The maximum atomic E-state index is 13.3. The van der Waals surface area contributed by atoms with Gasteiger partial charge in [0.2, 0.25) is 5.88 Å². The zero-order chi connectivity index (χ0) is 23.1. The number of rotatable bonds is 10. The molecule has 1 aromatic carbocycles. The number of benzene rings is 1. The molecule has 0 amide bonds. The standard InChI is InChI=1S/C26H32N2O4/c1-3-4-5-6-9-16-32-21-14-12-19(13-15-21)24(29)23-18(2)22(17-27)25(30)28(26(23)31)20-10-7-8-11-20/h12-15,20,31H,3-11,16H2,1-2H3. The fourth-order valence-electron chi connectivity index (χ4n) is 4.44. The molecule has 0 bridgehead atoms. The van der Waals surface area contributed by atoms with Crippen molar-refractivity contribution in [1.29, 1.82) is 5.26 Å². The van der Waals surface area contributed by atoms with Gasteiger partial charge in [-0.15, -0.1) is 0 Å². The second-order valence-corrected chi connectivity index (χ2v) is 8.54. The Labute approximate surface area is 189 Å². The van der Waals surface area contributed by atoms with Crippen molar-refractivity contribution in [1.82, 2.24) is 4.57 Å². The lowest BCUT2D eigenvalue weighted by molar-refractivity contribution is 0.103. The molecule has 0 atom stereocenters. The van der Waals surface area contributed by atoms with E-state index in [-0.39, 0.29) is 28.6 Å². The van der Waals surface area contributed by atoms with E-state index >= 15 is 0 Å². The first-order valence-electron chi connectivity index (χ1n) is 11.6. The number of aromatic nitrogens is 1. The summed E-state index contributed by atoms with van der Waals surface area (Å²) in [7, 11) is 0. The Bertz CT molecular complexity index is 1040. The normalized spacial score (nSPS) is 13.8. The molecule has 0 radical (unpaired) electrons. The first-order chi connectivity index (χ1) is 15.5. The summed E-state index contributed by atoms with van der Waals surface area (Å²) in [6.45, 7) is 4.36. The average molecular weight is 437 g/mol. The van der Waals surface area contributed by atoms with Crippen LogP contribution in [0.4, 0.5) is 0 Å². The Hall–Kier alpha value is -3.07. The van der Waals surface area contributed by atoms with Crippen LogP contribution in [0.15, 0.2) is 29.1 Å². The Morgan fingerprint density at radius 2 is 1.81 bits per heavy atom. The molecule has 1 aliphatic rings. The van der Waals surface area contributed by atoms with Crippen molar-refractivity contribution in [2.45, 2.75) is 77.7 Å². The van der Waals surface area contributed by atoms with E-state index in [4.69, 9.17) is 4.74 Å². The highest BCUT2D eigenvalue weighted by atomic mass is 16.5. The molecule has 1 aliphatic carbocycles. The molecular weight excluding hydrogens is 404 g/mol. The van der Waals surface area contributed by atoms with Crippen LogP contribution in [-0.2, 0) is 0 Å². The number of ketones is 1. The van der Waals surface area contributed by atoms with E-state index in [1.807, 2.05) is 6.07 Å². The smallest absolute Gasteiger partial charge is 0.271 e. The van der Waals surface area contributed by atoms with Crippen molar-refractivity contribution in [3.63, 3.8) is 0 Å². The van der Waals surface area contributed by atoms with E-state index in [1.54, 1.807) is 31.2 Å². The zero-order valence-electron chi connectivity index (χ0n) is 19.0. The predicted octanol–water partition coefficient (Wildman–Crippen LogP) is 5.43. The molecule has 1 fully saturated rings. The van der Waals surface area contributed by atoms with E-state index in [1.165, 1.54) is 23.8 Å². The summed E-state index contributed by atoms with van der Waals surface area (Å²) in [5.74, 6) is -0.0585. The molecule has 1 heterocycles. The van der Waals surface area contributed by atoms with Gasteiger partial charge >= 0.3 is 0 Å². The van der Waals surface area contributed by atoms with E-state index in [0.717, 1.165) is 38.5 Å². The number of nitrogens with zero attached hydrogens (tertiary/aromatic N) is 2. The van der Waals surface area contributed by atoms with E-state index < -0.39 is 11.3 Å². The summed E-state index contributed by atoms with van der Waals surface area (Å²) in [5, 5.41) is 20.5. The van der Waals surface area contributed by atoms with Gasteiger partial charge < -0.3 is 9.84 Å². The topological polar surface area (TPSA) is 92.3 Å². The van der Waals surface area contributed by atoms with Crippen LogP contribution in [0.25, 0.3) is 0 Å². The molecule has 0 spiro atoms. The number of hydrogen-bond donors (Lipinski definition) is 1. The number of nitriles is 1. The molecule has 0 saturated heterocycles. The van der Waals surface area contributed by atoms with Gasteiger partial charge in [0.05, 0.1) is 12.2 Å². The van der Waals surface area contributed by atoms with Gasteiger partial charge in [0.1, 0.15) is 17.4 Å². The summed E-state index contributed by atoms with van der Waals surface area (Å²) in [6.07, 6.45) is 9.20. The van der Waals surface area contributed by atoms with Gasteiger partial charge in [0.15, 0.2) is 5.78 Å². The third-order valence-electron chi connectivity index (χ3n) is 6.30. The molecule has 1 aromatic heterocycles. The van der Waals surface area contributed by atoms with Crippen LogP contribution < -0.4 is 10.3 Å². The summed E-state index contributed by atoms with van der Waals surface area (Å²) >= 11 is 0. The number of pyridine rings is 1. The van der Waals surface area contributed by atoms with Crippen LogP contribution in [0, 0.1) is 18.3 Å². The lowest BCUT2D eigenvalue weighted by Gasteiger charge is -2.20. The quantitative estimate of drug-likeness (QED) is 0.396. The monoisotopic (exact) mass is 436 g/mol. The molecule has 1 saturated carbocycles. The number of aromatic hydroxyl groups is 1. The third-order valence-corrected chi connectivity index (χ3v) is 6.30. The molecule has 0 aliphatic heterocycles. The molecule has 2 aromatic rings. The number of hydrogen-bond acceptors (Lipinski definition) is 5. The van der Waals surface area contributed by atoms with Crippen molar-refractivity contribution in [2.75, 3.05) is 6.61 Å². The fourth-order valence-corrected chi connectivity index (χ4v) is 4.44. The van der Waals surface area contributed by atoms with Crippen LogP contribution >= 0.6 is 0 Å². The largest absolute Gasteiger partial charge is 0.494 e. The SMILES string of the molecule is CCCCCCCOc1ccc(C(=O)c2c(C)c(C#N)c(=O)n(C3CCCC3)c2O)cc1. The van der Waals surface area contributed by atoms with Crippen LogP contribution in [0.3, 0.4) is 0 Å². The summed E-state index contributed by atoms with van der Waals surface area (Å²) in [4.78, 5) is 26.1. The second kappa shape index (κ2) is 11.0. The van der Waals surface area contributed by atoms with Crippen molar-refractivity contribution in [3.05, 3.63) is 56.9 Å². The Balaban J connectivity index is 1.82. The van der Waals surface area contributed by atoms with Gasteiger partial charge in [-0.05, 0) is 56.0 Å². The van der Waals surface area contributed by atoms with Crippen molar-refractivity contribution in [3.8, 4) is 17.7 Å². The van der Waals surface area contributed by atoms with Gasteiger partial charge in [-0.3, -0.25) is 14.2 Å². The molecule has 170 valence electrons. The highest BCUT2D eigenvalue weighted by Gasteiger charge is 2.29. The van der Waals surface area contributed by atoms with E-state index in [2.05, 4.69) is 6.92 Å². The number of ether oxygens (including phenoxy) is 1. The van der Waals surface area contributed by atoms with Crippen molar-refractivity contribution in [2.24, 2.45) is 0 Å². The predicted molar refractivity (Wildman–Crippen MR) is 123 cm³/mol. The highest BCUT2D eigenvalue weighted by molar-refractivity contribution is 6.11. The van der Waals surface area contributed by atoms with Crippen LogP contribution in [-0.4, -0.2) is 22.1 Å². The van der Waals surface area contributed by atoms with Gasteiger partial charge in [-0.2, -0.15) is 5.26 Å². The summed E-state index contributed by atoms with van der Waals surface area (Å²) in [5.41, 5.74) is 0.0215. The maximum absolute atomic E-state index is 13.3. The van der Waals surface area contributed by atoms with E-state index in [9.17, 15) is 20.0 Å². The molecule has 3 rings (SSSR count). The average Bonchev–Trinajstić information content (AvgIpc) is 3.31. The first-order valence-corrected chi connectivity index (χ1v) is 11.6. The van der Waals surface area contributed by atoms with Crippen LogP contribution in [0.2, 0.25) is 0 Å². The summed E-state index contributed by atoms with van der Waals surface area (Å²) < 4.78 is 7.02. The molecular formula is C26H32N2O4. The van der Waals surface area contributed by atoms with Gasteiger partial charge in [-0.1, -0.05) is 45.4 Å². The number of carbonyl (C=O) groups is 1. The third kappa shape index (κ3) is 5.04. The fraction of sp³-hybridized carbons (Fsp3) is 0.500. The molecule has 6 heteroatoms. The minimum absolute atomic E-state index is 0.0256. The van der Waals surface area contributed by atoms with Crippen LogP contribution in [0.1, 0.15) is 97.8 Å². The minimum atomic E-state index is -0.520. The van der Waals surface area contributed by atoms with Crippen LogP contribution in [0.5, 0.6) is 11.6 Å². The molecule has 32 heavy (non-hydrogen) atoms. The lowest BCUT2D eigenvalue weighted by atomic mass is 9.96. The Morgan fingerprint density at radius 1 is 1.16 bits per heavy atom. The number of carbonyl (C=O) groups excluding carboxylic acids is 1. The van der Waals surface area contributed by atoms with Gasteiger partial charge in [0.25, 0.3) is 5.56 Å². The number of unbranched alkanes of at least 4 members (excludes halogenated alkanes) is 4. The molecule has 6 nitrogen and oxygen atoms in total. The minimum Gasteiger partial charge on any atom is -0.494 e. The van der Waals surface area contributed by atoms with E-state index in [0.29, 0.717) is 17.9 Å².